The minimum absolute atomic E-state index is 0.163. The largest absolute Gasteiger partial charge is 0.378 e. The number of carbonyl (C=O) groups is 1. The van der Waals surface area contributed by atoms with E-state index in [1.165, 1.54) is 0 Å². The van der Waals surface area contributed by atoms with Crippen molar-refractivity contribution in [2.45, 2.75) is 25.8 Å². The summed E-state index contributed by atoms with van der Waals surface area (Å²) in [5.41, 5.74) is 1.93. The quantitative estimate of drug-likeness (QED) is 0.764. The summed E-state index contributed by atoms with van der Waals surface area (Å²) in [5, 5.41) is 3.23. The Morgan fingerprint density at radius 3 is 2.96 bits per heavy atom. The third-order valence-corrected chi connectivity index (χ3v) is 5.01. The minimum Gasteiger partial charge on any atom is -0.378 e. The van der Waals surface area contributed by atoms with Crippen LogP contribution < -0.4 is 0 Å². The van der Waals surface area contributed by atoms with Crippen LogP contribution in [0.4, 0.5) is 0 Å². The molecule has 0 unspecified atom stereocenters. The van der Waals surface area contributed by atoms with E-state index in [1.54, 1.807) is 11.3 Å². The highest BCUT2D eigenvalue weighted by molar-refractivity contribution is 7.09. The molecule has 0 spiro atoms. The Morgan fingerprint density at radius 2 is 2.22 bits per heavy atom. The van der Waals surface area contributed by atoms with Gasteiger partial charge >= 0.3 is 0 Å². The lowest BCUT2D eigenvalue weighted by Crippen LogP contribution is -2.47. The number of morpholine rings is 1. The van der Waals surface area contributed by atoms with Crippen LogP contribution >= 0.6 is 11.3 Å². The van der Waals surface area contributed by atoms with Crippen molar-refractivity contribution < 1.29 is 9.53 Å². The molecule has 0 bridgehead atoms. The fourth-order valence-electron chi connectivity index (χ4n) is 2.91. The first-order valence-corrected chi connectivity index (χ1v) is 8.91. The first-order chi connectivity index (χ1) is 11.2. The van der Waals surface area contributed by atoms with Crippen LogP contribution in [0.5, 0.6) is 0 Å². The molecular weight excluding hydrogens is 308 g/mol. The summed E-state index contributed by atoms with van der Waals surface area (Å²) in [7, 11) is 0. The standard InChI is InChI=1S/C18H22N2O2S/c1-14-19-16(13-23-14)7-8-20-9-10-22-12-17(20)11-18(21)15-5-3-2-4-6-15/h2-6,13,17H,7-12H2,1H3/t17-/m1/s1. The van der Waals surface area contributed by atoms with Gasteiger partial charge in [-0.3, -0.25) is 9.69 Å². The van der Waals surface area contributed by atoms with Gasteiger partial charge in [0.2, 0.25) is 0 Å². The number of nitrogens with zero attached hydrogens (tertiary/aromatic N) is 2. The predicted octanol–water partition coefficient (Wildman–Crippen LogP) is 2.97. The van der Waals surface area contributed by atoms with Gasteiger partial charge < -0.3 is 4.74 Å². The van der Waals surface area contributed by atoms with Crippen LogP contribution in [0.15, 0.2) is 35.7 Å². The van der Waals surface area contributed by atoms with Gasteiger partial charge in [-0.05, 0) is 6.92 Å². The molecule has 0 amide bonds. The molecule has 3 rings (SSSR count). The maximum atomic E-state index is 12.4. The van der Waals surface area contributed by atoms with Gasteiger partial charge in [0.25, 0.3) is 0 Å². The maximum absolute atomic E-state index is 12.4. The maximum Gasteiger partial charge on any atom is 0.164 e. The summed E-state index contributed by atoms with van der Waals surface area (Å²) in [6, 6.07) is 9.68. The normalized spacial score (nSPS) is 18.9. The zero-order chi connectivity index (χ0) is 16.1. The Bertz CT molecular complexity index is 641. The summed E-state index contributed by atoms with van der Waals surface area (Å²) >= 11 is 1.69. The summed E-state index contributed by atoms with van der Waals surface area (Å²) in [5.74, 6) is 0.190. The van der Waals surface area contributed by atoms with Gasteiger partial charge in [0.1, 0.15) is 0 Å². The number of carbonyl (C=O) groups excluding carboxylic acids is 1. The molecule has 1 aliphatic heterocycles. The lowest BCUT2D eigenvalue weighted by molar-refractivity contribution is -0.00803. The van der Waals surface area contributed by atoms with Gasteiger partial charge in [0.15, 0.2) is 5.78 Å². The second-order valence-electron chi connectivity index (χ2n) is 5.87. The highest BCUT2D eigenvalue weighted by Gasteiger charge is 2.25. The van der Waals surface area contributed by atoms with Gasteiger partial charge in [-0.25, -0.2) is 4.98 Å². The summed E-state index contributed by atoms with van der Waals surface area (Å²) < 4.78 is 5.60. The molecule has 0 radical (unpaired) electrons. The van der Waals surface area contributed by atoms with E-state index in [2.05, 4.69) is 15.3 Å². The zero-order valence-electron chi connectivity index (χ0n) is 13.4. The Kier molecular flexibility index (Phi) is 5.54. The summed E-state index contributed by atoms with van der Waals surface area (Å²) in [6.07, 6.45) is 1.44. The van der Waals surface area contributed by atoms with Gasteiger partial charge in [0, 0.05) is 42.9 Å². The number of ether oxygens (including phenoxy) is 1. The molecule has 0 aliphatic carbocycles. The number of aryl methyl sites for hydroxylation is 1. The second-order valence-corrected chi connectivity index (χ2v) is 6.93. The Balaban J connectivity index is 1.58. The Morgan fingerprint density at radius 1 is 1.39 bits per heavy atom. The van der Waals surface area contributed by atoms with Crippen molar-refractivity contribution in [2.24, 2.45) is 0 Å². The molecule has 1 aliphatic rings. The number of ketones is 1. The molecule has 2 aromatic rings. The van der Waals surface area contributed by atoms with Crippen LogP contribution in [0.1, 0.15) is 27.5 Å². The van der Waals surface area contributed by atoms with Gasteiger partial charge in [0.05, 0.1) is 23.9 Å². The molecule has 5 heteroatoms. The molecule has 1 aromatic heterocycles. The SMILES string of the molecule is Cc1nc(CCN2CCOC[C@H]2CC(=O)c2ccccc2)cs1. The third kappa shape index (κ3) is 4.47. The second kappa shape index (κ2) is 7.81. The van der Waals surface area contributed by atoms with E-state index in [4.69, 9.17) is 4.74 Å². The predicted molar refractivity (Wildman–Crippen MR) is 92.1 cm³/mol. The Hall–Kier alpha value is -1.56. The van der Waals surface area contributed by atoms with Crippen molar-refractivity contribution in [3.63, 3.8) is 0 Å². The number of aromatic nitrogens is 1. The van der Waals surface area contributed by atoms with Crippen LogP contribution in [0.3, 0.4) is 0 Å². The topological polar surface area (TPSA) is 42.4 Å². The van der Waals surface area contributed by atoms with E-state index in [-0.39, 0.29) is 11.8 Å². The number of hydrogen-bond acceptors (Lipinski definition) is 5. The molecule has 0 N–H and O–H groups in total. The molecule has 4 nitrogen and oxygen atoms in total. The van der Waals surface area contributed by atoms with E-state index >= 15 is 0 Å². The van der Waals surface area contributed by atoms with Gasteiger partial charge in [-0.1, -0.05) is 30.3 Å². The number of benzene rings is 1. The van der Waals surface area contributed by atoms with E-state index in [0.717, 1.165) is 42.4 Å². The molecule has 0 saturated carbocycles. The average Bonchev–Trinajstić information content (AvgIpc) is 3.00. The molecule has 1 fully saturated rings. The fraction of sp³-hybridized carbons (Fsp3) is 0.444. The van der Waals surface area contributed by atoms with Crippen LogP contribution in [0, 0.1) is 6.92 Å². The average molecular weight is 330 g/mol. The van der Waals surface area contributed by atoms with Crippen LogP contribution in [0.25, 0.3) is 0 Å². The van der Waals surface area contributed by atoms with E-state index in [1.807, 2.05) is 37.3 Å². The van der Waals surface area contributed by atoms with Crippen molar-refractivity contribution in [1.82, 2.24) is 9.88 Å². The molecule has 122 valence electrons. The zero-order valence-corrected chi connectivity index (χ0v) is 14.2. The smallest absolute Gasteiger partial charge is 0.164 e. The molecule has 23 heavy (non-hydrogen) atoms. The van der Waals surface area contributed by atoms with Crippen LogP contribution in [0.2, 0.25) is 0 Å². The van der Waals surface area contributed by atoms with Gasteiger partial charge in [-0.2, -0.15) is 0 Å². The number of hydrogen-bond donors (Lipinski definition) is 0. The lowest BCUT2D eigenvalue weighted by Gasteiger charge is -2.35. The van der Waals surface area contributed by atoms with Crippen molar-refractivity contribution in [3.05, 3.63) is 52.0 Å². The monoisotopic (exact) mass is 330 g/mol. The van der Waals surface area contributed by atoms with Crippen molar-refractivity contribution in [2.75, 3.05) is 26.3 Å². The third-order valence-electron chi connectivity index (χ3n) is 4.19. The molecule has 1 aromatic carbocycles. The fourth-order valence-corrected chi connectivity index (χ4v) is 3.56. The number of thiazole rings is 1. The summed E-state index contributed by atoms with van der Waals surface area (Å²) in [4.78, 5) is 19.3. The van der Waals surface area contributed by atoms with Crippen LogP contribution in [-0.2, 0) is 11.2 Å². The Labute approximate surface area is 141 Å². The lowest BCUT2D eigenvalue weighted by atomic mass is 10.0. The first-order valence-electron chi connectivity index (χ1n) is 8.03. The minimum atomic E-state index is 0.163. The molecule has 1 saturated heterocycles. The van der Waals surface area contributed by atoms with Crippen molar-refractivity contribution >= 4 is 17.1 Å². The van der Waals surface area contributed by atoms with E-state index in [0.29, 0.717) is 13.0 Å². The molecule has 1 atom stereocenters. The first kappa shape index (κ1) is 16.3. The molecule has 2 heterocycles. The van der Waals surface area contributed by atoms with Crippen LogP contribution in [-0.4, -0.2) is 48.0 Å². The highest BCUT2D eigenvalue weighted by atomic mass is 32.1. The highest BCUT2D eigenvalue weighted by Crippen LogP contribution is 2.16. The molecular formula is C18H22N2O2S. The van der Waals surface area contributed by atoms with Crippen molar-refractivity contribution in [3.8, 4) is 0 Å². The number of rotatable bonds is 6. The van der Waals surface area contributed by atoms with Gasteiger partial charge in [-0.15, -0.1) is 11.3 Å². The summed E-state index contributed by atoms with van der Waals surface area (Å²) in [6.45, 7) is 5.22. The van der Waals surface area contributed by atoms with E-state index < -0.39 is 0 Å². The van der Waals surface area contributed by atoms with E-state index in [9.17, 15) is 4.79 Å². The van der Waals surface area contributed by atoms with Crippen molar-refractivity contribution in [1.29, 1.82) is 0 Å². The number of Topliss-reactive ketones (excluding diaryl/α,β-unsaturated/α-hetero) is 1.